The second-order valence-corrected chi connectivity index (χ2v) is 5.41. The van der Waals surface area contributed by atoms with Crippen LogP contribution in [0.2, 0.25) is 0 Å². The van der Waals surface area contributed by atoms with Crippen LogP contribution in [0, 0.1) is 12.8 Å². The molecule has 3 nitrogen and oxygen atoms in total. The van der Waals surface area contributed by atoms with Gasteiger partial charge in [0.2, 0.25) is 0 Å². The molecule has 0 radical (unpaired) electrons. The van der Waals surface area contributed by atoms with Crippen LogP contribution in [0.25, 0.3) is 0 Å². The first-order chi connectivity index (χ1) is 9.62. The van der Waals surface area contributed by atoms with E-state index in [0.717, 1.165) is 29.9 Å². The zero-order valence-corrected chi connectivity index (χ0v) is 13.1. The molecule has 0 fully saturated rings. The molecule has 0 amide bonds. The van der Waals surface area contributed by atoms with E-state index < -0.39 is 0 Å². The Morgan fingerprint density at radius 3 is 2.70 bits per heavy atom. The molecule has 0 saturated carbocycles. The lowest BCUT2D eigenvalue weighted by Gasteiger charge is -2.17. The number of nitrogens with zero attached hydrogens (tertiary/aromatic N) is 1. The van der Waals surface area contributed by atoms with Crippen molar-refractivity contribution in [3.63, 3.8) is 0 Å². The summed E-state index contributed by atoms with van der Waals surface area (Å²) >= 11 is 0. The van der Waals surface area contributed by atoms with Gasteiger partial charge < -0.3 is 9.94 Å². The molecule has 1 rings (SSSR count). The van der Waals surface area contributed by atoms with Crippen LogP contribution in [0.3, 0.4) is 0 Å². The lowest BCUT2D eigenvalue weighted by atomic mass is 10.0. The summed E-state index contributed by atoms with van der Waals surface area (Å²) < 4.78 is 5.97. The summed E-state index contributed by atoms with van der Waals surface area (Å²) in [6.45, 7) is 8.96. The quantitative estimate of drug-likeness (QED) is 0.422. The zero-order valence-electron chi connectivity index (χ0n) is 13.1. The van der Waals surface area contributed by atoms with Gasteiger partial charge in [-0.2, -0.15) is 0 Å². The molecular formula is C17H27NO2. The van der Waals surface area contributed by atoms with Gasteiger partial charge in [-0.1, -0.05) is 49.9 Å². The van der Waals surface area contributed by atoms with E-state index in [4.69, 9.17) is 9.94 Å². The van der Waals surface area contributed by atoms with Crippen LogP contribution in [-0.4, -0.2) is 17.5 Å². The Kier molecular flexibility index (Phi) is 7.13. The minimum Gasteiger partial charge on any atom is -0.493 e. The summed E-state index contributed by atoms with van der Waals surface area (Å²) in [7, 11) is 0. The number of unbranched alkanes of at least 4 members (excludes halogenated alkanes) is 1. The van der Waals surface area contributed by atoms with E-state index in [2.05, 4.69) is 19.0 Å². The van der Waals surface area contributed by atoms with Crippen LogP contribution in [-0.2, 0) is 0 Å². The molecule has 0 aliphatic heterocycles. The van der Waals surface area contributed by atoms with Gasteiger partial charge in [0.25, 0.3) is 0 Å². The fourth-order valence-corrected chi connectivity index (χ4v) is 2.21. The summed E-state index contributed by atoms with van der Waals surface area (Å²) in [4.78, 5) is 0. The number of hydrogen-bond donors (Lipinski definition) is 1. The third-order valence-corrected chi connectivity index (χ3v) is 3.69. The molecule has 0 aromatic heterocycles. The van der Waals surface area contributed by atoms with Crippen LogP contribution in [0.4, 0.5) is 0 Å². The standard InChI is InChI=1S/C17H27NO2/c1-5-7-8-15(6-2)12-20-17-10-9-13(3)11-16(17)14(4)18-19/h9-11,15,19H,5-8,12H2,1-4H3. The summed E-state index contributed by atoms with van der Waals surface area (Å²) in [5, 5.41) is 12.3. The Morgan fingerprint density at radius 1 is 1.35 bits per heavy atom. The Labute approximate surface area is 122 Å². The number of benzene rings is 1. The van der Waals surface area contributed by atoms with Crippen molar-refractivity contribution in [1.82, 2.24) is 0 Å². The largest absolute Gasteiger partial charge is 0.493 e. The first kappa shape index (κ1) is 16.5. The average Bonchev–Trinajstić information content (AvgIpc) is 2.47. The number of ether oxygens (including phenoxy) is 1. The van der Waals surface area contributed by atoms with Crippen molar-refractivity contribution >= 4 is 5.71 Å². The maximum atomic E-state index is 8.98. The molecule has 0 aliphatic rings. The van der Waals surface area contributed by atoms with Crippen molar-refractivity contribution in [1.29, 1.82) is 0 Å². The molecule has 1 aromatic rings. The van der Waals surface area contributed by atoms with E-state index in [1.807, 2.05) is 25.1 Å². The zero-order chi connectivity index (χ0) is 15.0. The lowest BCUT2D eigenvalue weighted by molar-refractivity contribution is 0.233. The van der Waals surface area contributed by atoms with Crippen molar-refractivity contribution in [2.75, 3.05) is 6.61 Å². The van der Waals surface area contributed by atoms with E-state index in [0.29, 0.717) is 11.6 Å². The van der Waals surface area contributed by atoms with Gasteiger partial charge in [-0.15, -0.1) is 0 Å². The van der Waals surface area contributed by atoms with Crippen molar-refractivity contribution in [3.8, 4) is 5.75 Å². The van der Waals surface area contributed by atoms with E-state index in [-0.39, 0.29) is 0 Å². The summed E-state index contributed by atoms with van der Waals surface area (Å²) in [6.07, 6.45) is 4.82. The first-order valence-corrected chi connectivity index (χ1v) is 7.54. The molecule has 0 aliphatic carbocycles. The minimum absolute atomic E-state index is 0.588. The SMILES string of the molecule is CCCCC(CC)COc1ccc(C)cc1C(C)=NO. The third kappa shape index (κ3) is 4.87. The number of rotatable bonds is 8. The van der Waals surface area contributed by atoms with Gasteiger partial charge in [0.1, 0.15) is 5.75 Å². The Bertz CT molecular complexity index is 441. The summed E-state index contributed by atoms with van der Waals surface area (Å²) in [5.41, 5.74) is 2.59. The number of aryl methyl sites for hydroxylation is 1. The topological polar surface area (TPSA) is 41.8 Å². The Balaban J connectivity index is 2.76. The smallest absolute Gasteiger partial charge is 0.128 e. The minimum atomic E-state index is 0.588. The van der Waals surface area contributed by atoms with Crippen molar-refractivity contribution in [3.05, 3.63) is 29.3 Å². The molecule has 112 valence electrons. The van der Waals surface area contributed by atoms with Gasteiger partial charge >= 0.3 is 0 Å². The number of oxime groups is 1. The monoisotopic (exact) mass is 277 g/mol. The van der Waals surface area contributed by atoms with E-state index in [1.54, 1.807) is 6.92 Å². The van der Waals surface area contributed by atoms with Crippen molar-refractivity contribution in [2.45, 2.75) is 53.4 Å². The van der Waals surface area contributed by atoms with Gasteiger partial charge in [0.15, 0.2) is 0 Å². The second kappa shape index (κ2) is 8.62. The fraction of sp³-hybridized carbons (Fsp3) is 0.588. The van der Waals surface area contributed by atoms with Gasteiger partial charge in [0.05, 0.1) is 12.3 Å². The predicted molar refractivity (Wildman–Crippen MR) is 84.0 cm³/mol. The van der Waals surface area contributed by atoms with Crippen LogP contribution < -0.4 is 4.74 Å². The van der Waals surface area contributed by atoms with E-state index >= 15 is 0 Å². The van der Waals surface area contributed by atoms with Gasteiger partial charge in [-0.25, -0.2) is 0 Å². The normalized spacial score (nSPS) is 13.3. The van der Waals surface area contributed by atoms with E-state index in [9.17, 15) is 0 Å². The summed E-state index contributed by atoms with van der Waals surface area (Å²) in [6, 6.07) is 5.99. The highest BCUT2D eigenvalue weighted by molar-refractivity contribution is 6.00. The van der Waals surface area contributed by atoms with Crippen molar-refractivity contribution in [2.24, 2.45) is 11.1 Å². The molecule has 1 N–H and O–H groups in total. The molecule has 0 bridgehead atoms. The highest BCUT2D eigenvalue weighted by Crippen LogP contribution is 2.23. The average molecular weight is 277 g/mol. The highest BCUT2D eigenvalue weighted by Gasteiger charge is 2.11. The molecular weight excluding hydrogens is 250 g/mol. The Hall–Kier alpha value is -1.51. The van der Waals surface area contributed by atoms with Crippen LogP contribution in [0.1, 0.15) is 57.6 Å². The van der Waals surface area contributed by atoms with Crippen LogP contribution in [0.15, 0.2) is 23.4 Å². The maximum Gasteiger partial charge on any atom is 0.128 e. The lowest BCUT2D eigenvalue weighted by Crippen LogP contribution is -2.13. The summed E-state index contributed by atoms with van der Waals surface area (Å²) in [5.74, 6) is 1.40. The maximum absolute atomic E-state index is 8.98. The Morgan fingerprint density at radius 2 is 2.10 bits per heavy atom. The van der Waals surface area contributed by atoms with Gasteiger partial charge in [-0.05, 0) is 38.3 Å². The first-order valence-electron chi connectivity index (χ1n) is 7.54. The molecule has 3 heteroatoms. The third-order valence-electron chi connectivity index (χ3n) is 3.69. The highest BCUT2D eigenvalue weighted by atomic mass is 16.5. The molecule has 20 heavy (non-hydrogen) atoms. The van der Waals surface area contributed by atoms with E-state index in [1.165, 1.54) is 19.3 Å². The molecule has 0 saturated heterocycles. The fourth-order valence-electron chi connectivity index (χ4n) is 2.21. The molecule has 1 unspecified atom stereocenters. The second-order valence-electron chi connectivity index (χ2n) is 5.41. The molecule has 1 aromatic carbocycles. The molecule has 1 atom stereocenters. The van der Waals surface area contributed by atoms with Crippen LogP contribution in [0.5, 0.6) is 5.75 Å². The van der Waals surface area contributed by atoms with Gasteiger partial charge in [0, 0.05) is 5.56 Å². The number of hydrogen-bond acceptors (Lipinski definition) is 3. The molecule has 0 heterocycles. The van der Waals surface area contributed by atoms with Crippen LogP contribution >= 0.6 is 0 Å². The molecule has 0 spiro atoms. The van der Waals surface area contributed by atoms with Crippen molar-refractivity contribution < 1.29 is 9.94 Å². The van der Waals surface area contributed by atoms with Gasteiger partial charge in [-0.3, -0.25) is 0 Å². The predicted octanol–water partition coefficient (Wildman–Crippen LogP) is 4.79.